The highest BCUT2D eigenvalue weighted by Gasteiger charge is 2.28. The van der Waals surface area contributed by atoms with Gasteiger partial charge in [-0.2, -0.15) is 0 Å². The number of likely N-dealkylation sites (tertiary alicyclic amines) is 1. The van der Waals surface area contributed by atoms with Crippen molar-refractivity contribution < 1.29 is 9.90 Å². The predicted molar refractivity (Wildman–Crippen MR) is 111 cm³/mol. The Kier molecular flexibility index (Phi) is 5.64. The molecule has 0 radical (unpaired) electrons. The van der Waals surface area contributed by atoms with Gasteiger partial charge in [0.2, 0.25) is 0 Å². The molecule has 2 aromatic heterocycles. The van der Waals surface area contributed by atoms with Crippen LogP contribution in [0.5, 0.6) is 0 Å². The number of piperidine rings is 1. The summed E-state index contributed by atoms with van der Waals surface area (Å²) in [5, 5.41) is 13.5. The third-order valence-electron chi connectivity index (χ3n) is 4.91. The molecule has 1 aliphatic rings. The van der Waals surface area contributed by atoms with Gasteiger partial charge in [-0.1, -0.05) is 48.1 Å². The number of benzene rings is 1. The standard InChI is InChI=1S/C21H22N4O2S/c26-20(27)17-8-4-5-11-25(17)14-15-9-10-22-19(12-15)24-21-23-13-18(28-21)16-6-2-1-3-7-16/h1-3,6-7,9-10,12-13,17H,4-5,8,11,14H2,(H,26,27)(H,22,23,24). The third-order valence-corrected chi connectivity index (χ3v) is 5.87. The number of carboxylic acids is 1. The molecule has 6 nitrogen and oxygen atoms in total. The van der Waals surface area contributed by atoms with E-state index in [0.29, 0.717) is 13.0 Å². The molecule has 2 N–H and O–H groups in total. The number of anilines is 2. The lowest BCUT2D eigenvalue weighted by Gasteiger charge is -2.32. The number of nitrogens with one attached hydrogen (secondary N) is 1. The smallest absolute Gasteiger partial charge is 0.320 e. The molecular formula is C21H22N4O2S. The average Bonchev–Trinajstić information content (AvgIpc) is 3.18. The minimum absolute atomic E-state index is 0.397. The van der Waals surface area contributed by atoms with Crippen molar-refractivity contribution in [3.05, 3.63) is 60.4 Å². The molecule has 0 bridgehead atoms. The second kappa shape index (κ2) is 8.50. The van der Waals surface area contributed by atoms with Crippen molar-refractivity contribution in [3.63, 3.8) is 0 Å². The molecule has 0 saturated carbocycles. The van der Waals surface area contributed by atoms with Gasteiger partial charge in [0.05, 0.1) is 4.88 Å². The summed E-state index contributed by atoms with van der Waals surface area (Å²) in [4.78, 5) is 23.5. The van der Waals surface area contributed by atoms with Crippen molar-refractivity contribution in [2.75, 3.05) is 11.9 Å². The van der Waals surface area contributed by atoms with Gasteiger partial charge in [0, 0.05) is 18.9 Å². The molecule has 0 aliphatic carbocycles. The zero-order valence-corrected chi connectivity index (χ0v) is 16.2. The number of thiazole rings is 1. The van der Waals surface area contributed by atoms with Crippen LogP contribution in [0.2, 0.25) is 0 Å². The molecular weight excluding hydrogens is 372 g/mol. The molecule has 1 aliphatic heterocycles. The zero-order valence-electron chi connectivity index (χ0n) is 15.4. The van der Waals surface area contributed by atoms with E-state index in [-0.39, 0.29) is 0 Å². The number of nitrogens with zero attached hydrogens (tertiary/aromatic N) is 3. The highest BCUT2D eigenvalue weighted by atomic mass is 32.1. The molecule has 0 amide bonds. The molecule has 1 saturated heterocycles. The Bertz CT molecular complexity index is 944. The van der Waals surface area contributed by atoms with Gasteiger partial charge in [0.1, 0.15) is 11.9 Å². The molecule has 0 spiro atoms. The van der Waals surface area contributed by atoms with E-state index in [9.17, 15) is 9.90 Å². The number of aromatic nitrogens is 2. The van der Waals surface area contributed by atoms with E-state index in [4.69, 9.17) is 0 Å². The van der Waals surface area contributed by atoms with Crippen molar-refractivity contribution in [1.82, 2.24) is 14.9 Å². The molecule has 3 aromatic rings. The van der Waals surface area contributed by atoms with Crippen LogP contribution in [0.15, 0.2) is 54.9 Å². The van der Waals surface area contributed by atoms with E-state index in [1.54, 1.807) is 17.5 Å². The molecule has 4 rings (SSSR count). The van der Waals surface area contributed by atoms with Crippen molar-refractivity contribution in [3.8, 4) is 10.4 Å². The Balaban J connectivity index is 1.45. The number of carbonyl (C=O) groups is 1. The first kappa shape index (κ1) is 18.6. The van der Waals surface area contributed by atoms with E-state index in [0.717, 1.165) is 46.3 Å². The van der Waals surface area contributed by atoms with E-state index >= 15 is 0 Å². The van der Waals surface area contributed by atoms with Crippen LogP contribution >= 0.6 is 11.3 Å². The van der Waals surface area contributed by atoms with E-state index in [1.165, 1.54) is 0 Å². The summed E-state index contributed by atoms with van der Waals surface area (Å²) in [7, 11) is 0. The SMILES string of the molecule is O=C(O)C1CCCCN1Cc1ccnc(Nc2ncc(-c3ccccc3)s2)c1. The topological polar surface area (TPSA) is 78.3 Å². The summed E-state index contributed by atoms with van der Waals surface area (Å²) in [5.74, 6) is -0.0151. The van der Waals surface area contributed by atoms with Crippen molar-refractivity contribution >= 4 is 28.3 Å². The highest BCUT2D eigenvalue weighted by molar-refractivity contribution is 7.18. The molecule has 1 unspecified atom stereocenters. The minimum atomic E-state index is -0.733. The Labute approximate surface area is 167 Å². The van der Waals surface area contributed by atoms with Gasteiger partial charge < -0.3 is 10.4 Å². The fourth-order valence-electron chi connectivity index (χ4n) is 3.51. The fraction of sp³-hybridized carbons (Fsp3) is 0.286. The largest absolute Gasteiger partial charge is 0.480 e. The number of pyridine rings is 1. The lowest BCUT2D eigenvalue weighted by Crippen LogP contribution is -2.44. The van der Waals surface area contributed by atoms with Gasteiger partial charge >= 0.3 is 5.97 Å². The number of hydrogen-bond donors (Lipinski definition) is 2. The Morgan fingerprint density at radius 3 is 2.89 bits per heavy atom. The lowest BCUT2D eigenvalue weighted by atomic mass is 10.0. The normalized spacial score (nSPS) is 17.4. The Morgan fingerprint density at radius 2 is 2.07 bits per heavy atom. The Morgan fingerprint density at radius 1 is 1.21 bits per heavy atom. The molecule has 1 fully saturated rings. The summed E-state index contributed by atoms with van der Waals surface area (Å²) in [5.41, 5.74) is 2.19. The van der Waals surface area contributed by atoms with Crippen LogP contribution in [0.1, 0.15) is 24.8 Å². The Hall–Kier alpha value is -2.77. The van der Waals surface area contributed by atoms with Crippen LogP contribution in [-0.4, -0.2) is 38.5 Å². The van der Waals surface area contributed by atoms with Gasteiger partial charge in [-0.3, -0.25) is 9.69 Å². The summed E-state index contributed by atoms with van der Waals surface area (Å²) < 4.78 is 0. The van der Waals surface area contributed by atoms with Crippen LogP contribution < -0.4 is 5.32 Å². The van der Waals surface area contributed by atoms with Gasteiger partial charge in [-0.05, 0) is 42.6 Å². The van der Waals surface area contributed by atoms with Gasteiger partial charge in [-0.25, -0.2) is 9.97 Å². The summed E-state index contributed by atoms with van der Waals surface area (Å²) >= 11 is 1.58. The monoisotopic (exact) mass is 394 g/mol. The minimum Gasteiger partial charge on any atom is -0.480 e. The number of hydrogen-bond acceptors (Lipinski definition) is 6. The molecule has 1 atom stereocenters. The van der Waals surface area contributed by atoms with Crippen LogP contribution in [0.3, 0.4) is 0 Å². The van der Waals surface area contributed by atoms with E-state index < -0.39 is 12.0 Å². The quantitative estimate of drug-likeness (QED) is 0.646. The van der Waals surface area contributed by atoms with Crippen LogP contribution in [0, 0.1) is 0 Å². The average molecular weight is 395 g/mol. The second-order valence-corrected chi connectivity index (χ2v) is 7.92. The highest BCUT2D eigenvalue weighted by Crippen LogP contribution is 2.30. The first-order chi connectivity index (χ1) is 13.7. The van der Waals surface area contributed by atoms with Gasteiger partial charge in [-0.15, -0.1) is 0 Å². The maximum Gasteiger partial charge on any atom is 0.320 e. The second-order valence-electron chi connectivity index (χ2n) is 6.89. The zero-order chi connectivity index (χ0) is 19.3. The molecule has 144 valence electrons. The van der Waals surface area contributed by atoms with Crippen LogP contribution in [0.25, 0.3) is 10.4 Å². The van der Waals surface area contributed by atoms with E-state index in [2.05, 4.69) is 27.4 Å². The maximum atomic E-state index is 11.5. The van der Waals surface area contributed by atoms with Gasteiger partial charge in [0.25, 0.3) is 0 Å². The number of aliphatic carboxylic acids is 1. The van der Waals surface area contributed by atoms with E-state index in [1.807, 2.05) is 41.4 Å². The fourth-order valence-corrected chi connectivity index (χ4v) is 4.34. The maximum absolute atomic E-state index is 11.5. The van der Waals surface area contributed by atoms with Gasteiger partial charge in [0.15, 0.2) is 5.13 Å². The van der Waals surface area contributed by atoms with Crippen molar-refractivity contribution in [1.29, 1.82) is 0 Å². The molecule has 3 heterocycles. The van der Waals surface area contributed by atoms with Crippen molar-refractivity contribution in [2.24, 2.45) is 0 Å². The summed E-state index contributed by atoms with van der Waals surface area (Å²) in [6.45, 7) is 1.43. The summed E-state index contributed by atoms with van der Waals surface area (Å²) in [6.07, 6.45) is 6.35. The molecule has 7 heteroatoms. The van der Waals surface area contributed by atoms with Crippen LogP contribution in [0.4, 0.5) is 10.9 Å². The predicted octanol–water partition coefficient (Wildman–Crippen LogP) is 4.39. The number of carboxylic acid groups (broad SMARTS) is 1. The summed E-state index contributed by atoms with van der Waals surface area (Å²) in [6, 6.07) is 13.7. The van der Waals surface area contributed by atoms with Crippen LogP contribution in [-0.2, 0) is 11.3 Å². The molecule has 28 heavy (non-hydrogen) atoms. The lowest BCUT2D eigenvalue weighted by molar-refractivity contribution is -0.144. The first-order valence-corrected chi connectivity index (χ1v) is 10.2. The van der Waals surface area contributed by atoms with Crippen molar-refractivity contribution in [2.45, 2.75) is 31.8 Å². The third kappa shape index (κ3) is 4.37. The molecule has 1 aromatic carbocycles. The number of rotatable bonds is 6. The first-order valence-electron chi connectivity index (χ1n) is 9.39.